The smallest absolute Gasteiger partial charge is 0.137 e. The lowest BCUT2D eigenvalue weighted by Gasteiger charge is -2.32. The second-order valence-electron chi connectivity index (χ2n) is 8.47. The summed E-state index contributed by atoms with van der Waals surface area (Å²) in [7, 11) is 0. The van der Waals surface area contributed by atoms with Crippen molar-refractivity contribution in [2.24, 2.45) is 17.4 Å². The van der Waals surface area contributed by atoms with Gasteiger partial charge in [-0.25, -0.2) is 4.39 Å². The number of halogens is 1. The zero-order valence-electron chi connectivity index (χ0n) is 19.0. The number of hydrogen-bond donors (Lipinski definition) is 4. The van der Waals surface area contributed by atoms with Gasteiger partial charge in [0.1, 0.15) is 29.0 Å². The third-order valence-corrected chi connectivity index (χ3v) is 6.02. The van der Waals surface area contributed by atoms with Crippen molar-refractivity contribution >= 4 is 11.7 Å². The molecular formula is C25H34FN5O2. The highest BCUT2D eigenvalue weighted by Crippen LogP contribution is 2.23. The molecule has 33 heavy (non-hydrogen) atoms. The Hall–Kier alpha value is -3.13. The third-order valence-electron chi connectivity index (χ3n) is 6.02. The highest BCUT2D eigenvalue weighted by atomic mass is 19.1. The lowest BCUT2D eigenvalue weighted by Crippen LogP contribution is -2.35. The molecule has 0 aliphatic carbocycles. The van der Waals surface area contributed by atoms with Crippen molar-refractivity contribution < 1.29 is 13.9 Å². The molecule has 0 unspecified atom stereocenters. The molecule has 0 radical (unpaired) electrons. The first kappa shape index (κ1) is 24.5. The lowest BCUT2D eigenvalue weighted by atomic mass is 9.92. The van der Waals surface area contributed by atoms with Crippen molar-refractivity contribution in [3.63, 3.8) is 0 Å². The van der Waals surface area contributed by atoms with E-state index in [0.29, 0.717) is 30.4 Å². The Morgan fingerprint density at radius 1 is 0.909 bits per heavy atom. The van der Waals surface area contributed by atoms with Gasteiger partial charge in [0.05, 0.1) is 18.8 Å². The predicted molar refractivity (Wildman–Crippen MR) is 129 cm³/mol. The van der Waals surface area contributed by atoms with Crippen LogP contribution in [0.15, 0.2) is 42.5 Å². The number of likely N-dealkylation sites (tertiary alicyclic amines) is 1. The number of nitrogens with zero attached hydrogens (tertiary/aromatic N) is 1. The van der Waals surface area contributed by atoms with Gasteiger partial charge in [-0.1, -0.05) is 0 Å². The first-order chi connectivity index (χ1) is 15.9. The Kier molecular flexibility index (Phi) is 9.06. The topological polar surface area (TPSA) is 121 Å². The van der Waals surface area contributed by atoms with E-state index in [0.717, 1.165) is 44.6 Å². The van der Waals surface area contributed by atoms with E-state index in [-0.39, 0.29) is 17.2 Å². The first-order valence-electron chi connectivity index (χ1n) is 11.5. The molecule has 1 heterocycles. The molecule has 1 aliphatic rings. The summed E-state index contributed by atoms with van der Waals surface area (Å²) < 4.78 is 25.3. The highest BCUT2D eigenvalue weighted by Gasteiger charge is 2.18. The molecule has 2 aromatic carbocycles. The van der Waals surface area contributed by atoms with Crippen molar-refractivity contribution in [3.05, 3.63) is 59.4 Å². The van der Waals surface area contributed by atoms with Gasteiger partial charge in [-0.05, 0) is 87.5 Å². The monoisotopic (exact) mass is 455 g/mol. The van der Waals surface area contributed by atoms with Crippen molar-refractivity contribution in [2.45, 2.75) is 32.1 Å². The van der Waals surface area contributed by atoms with E-state index in [1.807, 2.05) is 12.1 Å². The average Bonchev–Trinajstić information content (AvgIpc) is 2.80. The SMILES string of the molecule is N=C(N)c1ccc(OCCCN2CCC(CCCOc3ccc(C(=N)N)c(F)c3)CC2)cc1. The van der Waals surface area contributed by atoms with Gasteiger partial charge in [-0.3, -0.25) is 10.8 Å². The average molecular weight is 456 g/mol. The maximum Gasteiger partial charge on any atom is 0.137 e. The molecule has 1 saturated heterocycles. The van der Waals surface area contributed by atoms with Crippen LogP contribution in [-0.4, -0.2) is 49.4 Å². The molecule has 2 aromatic rings. The summed E-state index contributed by atoms with van der Waals surface area (Å²) in [5, 5.41) is 14.7. The Morgan fingerprint density at radius 3 is 2.18 bits per heavy atom. The molecule has 0 atom stereocenters. The molecular weight excluding hydrogens is 421 g/mol. The highest BCUT2D eigenvalue weighted by molar-refractivity contribution is 5.95. The van der Waals surface area contributed by atoms with Crippen molar-refractivity contribution in [1.82, 2.24) is 4.90 Å². The standard InChI is InChI=1S/C25H34FN5O2/c26-23-17-21(8-9-22(23)25(29)30)33-15-1-3-18-10-13-31(14-11-18)12-2-16-32-20-6-4-19(5-7-20)24(27)28/h4-9,17-18H,1-3,10-16H2,(H3,27,28)(H3,29,30). The molecule has 3 rings (SSSR count). The normalized spacial score (nSPS) is 14.7. The minimum absolute atomic E-state index is 0.0633. The summed E-state index contributed by atoms with van der Waals surface area (Å²) in [5.74, 6) is 1.25. The van der Waals surface area contributed by atoms with Crippen LogP contribution in [0, 0.1) is 22.6 Å². The molecule has 0 bridgehead atoms. The number of benzene rings is 2. The molecule has 0 amide bonds. The maximum atomic E-state index is 13.9. The zero-order valence-corrected chi connectivity index (χ0v) is 19.0. The molecule has 0 saturated carbocycles. The van der Waals surface area contributed by atoms with E-state index in [4.69, 9.17) is 31.8 Å². The molecule has 8 heteroatoms. The quantitative estimate of drug-likeness (QED) is 0.221. The minimum atomic E-state index is -0.524. The van der Waals surface area contributed by atoms with E-state index in [2.05, 4.69) is 4.90 Å². The van der Waals surface area contributed by atoms with Gasteiger partial charge in [-0.2, -0.15) is 0 Å². The zero-order chi connectivity index (χ0) is 23.6. The number of rotatable bonds is 12. The molecule has 7 nitrogen and oxygen atoms in total. The fraction of sp³-hybridized carbons (Fsp3) is 0.440. The Bertz CT molecular complexity index is 927. The summed E-state index contributed by atoms with van der Waals surface area (Å²) in [6.45, 7) is 4.48. The van der Waals surface area contributed by atoms with E-state index >= 15 is 0 Å². The number of piperidine rings is 1. The summed E-state index contributed by atoms with van der Waals surface area (Å²) in [4.78, 5) is 2.49. The fourth-order valence-corrected chi connectivity index (χ4v) is 4.07. The van der Waals surface area contributed by atoms with Crippen LogP contribution in [0.1, 0.15) is 43.2 Å². The number of amidine groups is 2. The number of nitrogens with one attached hydrogen (secondary N) is 2. The van der Waals surface area contributed by atoms with Crippen molar-refractivity contribution in [3.8, 4) is 11.5 Å². The van der Waals surface area contributed by atoms with Gasteiger partial charge >= 0.3 is 0 Å². The van der Waals surface area contributed by atoms with Crippen LogP contribution in [0.4, 0.5) is 4.39 Å². The molecule has 178 valence electrons. The summed E-state index contributed by atoms with van der Waals surface area (Å²) in [5.41, 5.74) is 11.6. The summed E-state index contributed by atoms with van der Waals surface area (Å²) in [6, 6.07) is 11.7. The lowest BCUT2D eigenvalue weighted by molar-refractivity contribution is 0.161. The Morgan fingerprint density at radius 2 is 1.55 bits per heavy atom. The molecule has 0 aromatic heterocycles. The largest absolute Gasteiger partial charge is 0.494 e. The van der Waals surface area contributed by atoms with Gasteiger partial charge in [0.2, 0.25) is 0 Å². The van der Waals surface area contributed by atoms with Gasteiger partial charge in [0, 0.05) is 18.2 Å². The summed E-state index contributed by atoms with van der Waals surface area (Å²) >= 11 is 0. The minimum Gasteiger partial charge on any atom is -0.494 e. The fourth-order valence-electron chi connectivity index (χ4n) is 4.07. The molecule has 0 spiro atoms. The van der Waals surface area contributed by atoms with Gasteiger partial charge < -0.3 is 25.8 Å². The predicted octanol–water partition coefficient (Wildman–Crippen LogP) is 3.73. The van der Waals surface area contributed by atoms with Crippen molar-refractivity contribution in [2.75, 3.05) is 32.8 Å². The Labute approximate surface area is 194 Å². The Balaban J connectivity index is 1.25. The maximum absolute atomic E-state index is 13.9. The first-order valence-corrected chi connectivity index (χ1v) is 11.5. The number of nitrogens with two attached hydrogens (primary N) is 2. The molecule has 6 N–H and O–H groups in total. The van der Waals surface area contributed by atoms with Crippen molar-refractivity contribution in [1.29, 1.82) is 10.8 Å². The van der Waals surface area contributed by atoms with E-state index in [9.17, 15) is 4.39 Å². The third kappa shape index (κ3) is 7.75. The van der Waals surface area contributed by atoms with E-state index in [1.165, 1.54) is 25.0 Å². The molecule has 1 aliphatic heterocycles. The number of nitrogen functional groups attached to an aromatic ring is 2. The second kappa shape index (κ2) is 12.2. The van der Waals surface area contributed by atoms with Gasteiger partial charge in [0.25, 0.3) is 0 Å². The van der Waals surface area contributed by atoms with Crippen LogP contribution in [0.25, 0.3) is 0 Å². The van der Waals surface area contributed by atoms with E-state index in [1.54, 1.807) is 18.2 Å². The van der Waals surface area contributed by atoms with Crippen LogP contribution in [0.3, 0.4) is 0 Å². The number of hydrogen-bond acceptors (Lipinski definition) is 5. The molecule has 1 fully saturated rings. The van der Waals surface area contributed by atoms with Crippen LogP contribution in [0.5, 0.6) is 11.5 Å². The van der Waals surface area contributed by atoms with Crippen LogP contribution >= 0.6 is 0 Å². The van der Waals surface area contributed by atoms with Crippen LogP contribution in [0.2, 0.25) is 0 Å². The van der Waals surface area contributed by atoms with Crippen LogP contribution in [-0.2, 0) is 0 Å². The van der Waals surface area contributed by atoms with Crippen LogP contribution < -0.4 is 20.9 Å². The van der Waals surface area contributed by atoms with E-state index < -0.39 is 5.82 Å². The second-order valence-corrected chi connectivity index (χ2v) is 8.47. The summed E-state index contributed by atoms with van der Waals surface area (Å²) in [6.07, 6.45) is 5.41. The number of ether oxygens (including phenoxy) is 2. The van der Waals surface area contributed by atoms with Gasteiger partial charge in [0.15, 0.2) is 0 Å². The van der Waals surface area contributed by atoms with Gasteiger partial charge in [-0.15, -0.1) is 0 Å².